The Bertz CT molecular complexity index is 1070. The van der Waals surface area contributed by atoms with E-state index in [1.165, 1.54) is 22.1 Å². The Morgan fingerprint density at radius 1 is 1.27 bits per heavy atom. The zero-order chi connectivity index (χ0) is 23.6. The summed E-state index contributed by atoms with van der Waals surface area (Å²) >= 11 is 1.32. The minimum absolute atomic E-state index is 0.115. The van der Waals surface area contributed by atoms with Crippen molar-refractivity contribution in [2.45, 2.75) is 63.3 Å². The van der Waals surface area contributed by atoms with Crippen LogP contribution in [0.1, 0.15) is 49.9 Å². The molecule has 12 heteroatoms. The van der Waals surface area contributed by atoms with E-state index in [1.807, 2.05) is 0 Å². The van der Waals surface area contributed by atoms with Crippen LogP contribution in [0.5, 0.6) is 0 Å². The molecule has 0 spiro atoms. The summed E-state index contributed by atoms with van der Waals surface area (Å²) in [7, 11) is -3.87. The Hall–Kier alpha value is -2.31. The number of piperazine rings is 1. The highest BCUT2D eigenvalue weighted by molar-refractivity contribution is 7.89. The summed E-state index contributed by atoms with van der Waals surface area (Å²) < 4.78 is 27.6. The molecule has 2 N–H and O–H groups in total. The average molecular weight is 495 g/mol. The molecule has 0 radical (unpaired) electrons. The number of nitrogens with zero attached hydrogens (tertiary/aromatic N) is 4. The molecule has 1 saturated heterocycles. The number of amides is 2. The minimum atomic E-state index is -3.87. The maximum absolute atomic E-state index is 13.2. The molecule has 180 valence electrons. The predicted octanol–water partition coefficient (Wildman–Crippen LogP) is 2.29. The average Bonchev–Trinajstić information content (AvgIpc) is 3.42. The Kier molecular flexibility index (Phi) is 7.15. The number of carbonyl (C=O) groups excluding carboxylic acids is 2. The molecule has 10 nitrogen and oxygen atoms in total. The maximum Gasteiger partial charge on any atom is 0.248 e. The van der Waals surface area contributed by atoms with Crippen LogP contribution < -0.4 is 5.32 Å². The number of rotatable bonds is 7. The van der Waals surface area contributed by atoms with Crippen molar-refractivity contribution in [3.05, 3.63) is 23.0 Å². The summed E-state index contributed by atoms with van der Waals surface area (Å²) in [6.07, 6.45) is 7.75. The van der Waals surface area contributed by atoms with E-state index in [2.05, 4.69) is 20.5 Å². The number of aromatic nitrogens is 3. The quantitative estimate of drug-likeness (QED) is 0.608. The molecule has 3 heterocycles. The van der Waals surface area contributed by atoms with Gasteiger partial charge in [-0.05, 0) is 26.2 Å². The number of hydrogen-bond donors (Lipinski definition) is 2. The third-order valence-corrected chi connectivity index (χ3v) is 9.30. The maximum atomic E-state index is 13.2. The van der Waals surface area contributed by atoms with Crippen LogP contribution in [0, 0.1) is 19.8 Å². The van der Waals surface area contributed by atoms with E-state index < -0.39 is 16.1 Å². The molecule has 2 fully saturated rings. The summed E-state index contributed by atoms with van der Waals surface area (Å²) in [4.78, 5) is 32.2. The zero-order valence-corrected chi connectivity index (χ0v) is 20.5. The Morgan fingerprint density at radius 3 is 2.64 bits per heavy atom. The molecule has 2 aromatic heterocycles. The van der Waals surface area contributed by atoms with Crippen LogP contribution in [-0.4, -0.2) is 70.3 Å². The molecule has 2 aliphatic rings. The smallest absolute Gasteiger partial charge is 0.248 e. The SMILES string of the molecule is Cc1n[nH]c(C)c1S(=O)(=O)N1CCN(C(CC2CCCCC2)C(=O)Nc2nccs2)C(=O)C1. The number of aryl methyl sites for hydroxylation is 2. The second-order valence-electron chi connectivity index (χ2n) is 8.77. The normalized spacial score (nSPS) is 19.6. The van der Waals surface area contributed by atoms with Gasteiger partial charge in [0.1, 0.15) is 10.9 Å². The standard InChI is InChI=1S/C21H30N6O4S2/c1-14-19(15(2)25-24-14)33(30,31)26-9-10-27(18(28)13-26)17(12-16-6-4-3-5-7-16)20(29)23-21-22-8-11-32-21/h8,11,16-17H,3-7,9-10,12-13H2,1-2H3,(H,24,25)(H,22,23,29). The van der Waals surface area contributed by atoms with Crippen molar-refractivity contribution in [1.82, 2.24) is 24.4 Å². The second-order valence-corrected chi connectivity index (χ2v) is 11.5. The number of aromatic amines is 1. The lowest BCUT2D eigenvalue weighted by Gasteiger charge is -2.39. The summed E-state index contributed by atoms with van der Waals surface area (Å²) in [5.74, 6) is -0.253. The van der Waals surface area contributed by atoms with Crippen molar-refractivity contribution in [2.24, 2.45) is 5.92 Å². The third-order valence-electron chi connectivity index (χ3n) is 6.50. The van der Waals surface area contributed by atoms with Gasteiger partial charge in [0, 0.05) is 24.7 Å². The summed E-state index contributed by atoms with van der Waals surface area (Å²) in [6.45, 7) is 3.27. The molecule has 33 heavy (non-hydrogen) atoms. The lowest BCUT2D eigenvalue weighted by Crippen LogP contribution is -2.58. The van der Waals surface area contributed by atoms with Crippen LogP contribution in [0.25, 0.3) is 0 Å². The van der Waals surface area contributed by atoms with Crippen molar-refractivity contribution in [3.8, 4) is 0 Å². The Morgan fingerprint density at radius 2 is 2.03 bits per heavy atom. The first-order chi connectivity index (χ1) is 15.8. The Balaban J connectivity index is 1.51. The summed E-state index contributed by atoms with van der Waals surface area (Å²) in [5, 5.41) is 11.8. The number of H-pyrrole nitrogens is 1. The van der Waals surface area contributed by atoms with E-state index in [4.69, 9.17) is 0 Å². The molecule has 1 saturated carbocycles. The van der Waals surface area contributed by atoms with Crippen LogP contribution in [-0.2, 0) is 19.6 Å². The largest absolute Gasteiger partial charge is 0.328 e. The van der Waals surface area contributed by atoms with Crippen LogP contribution >= 0.6 is 11.3 Å². The van der Waals surface area contributed by atoms with Crippen molar-refractivity contribution in [1.29, 1.82) is 0 Å². The molecule has 1 aliphatic heterocycles. The molecule has 1 unspecified atom stereocenters. The lowest BCUT2D eigenvalue weighted by atomic mass is 9.84. The van der Waals surface area contributed by atoms with Crippen molar-refractivity contribution >= 4 is 38.3 Å². The first-order valence-electron chi connectivity index (χ1n) is 11.3. The van der Waals surface area contributed by atoms with Gasteiger partial charge in [0.25, 0.3) is 0 Å². The van der Waals surface area contributed by atoms with Gasteiger partial charge in [-0.3, -0.25) is 14.7 Å². The monoisotopic (exact) mass is 494 g/mol. The van der Waals surface area contributed by atoms with E-state index in [-0.39, 0.29) is 36.3 Å². The van der Waals surface area contributed by atoms with Gasteiger partial charge in [-0.25, -0.2) is 13.4 Å². The molecule has 1 atom stereocenters. The number of hydrogen-bond acceptors (Lipinski definition) is 7. The minimum Gasteiger partial charge on any atom is -0.328 e. The highest BCUT2D eigenvalue weighted by Gasteiger charge is 2.40. The highest BCUT2D eigenvalue weighted by atomic mass is 32.2. The van der Waals surface area contributed by atoms with Gasteiger partial charge in [-0.15, -0.1) is 11.3 Å². The van der Waals surface area contributed by atoms with Crippen molar-refractivity contribution in [2.75, 3.05) is 25.0 Å². The van der Waals surface area contributed by atoms with E-state index in [0.29, 0.717) is 28.9 Å². The van der Waals surface area contributed by atoms with Gasteiger partial charge in [-0.2, -0.15) is 9.40 Å². The van der Waals surface area contributed by atoms with Gasteiger partial charge in [0.2, 0.25) is 21.8 Å². The second kappa shape index (κ2) is 9.90. The summed E-state index contributed by atoms with van der Waals surface area (Å²) in [5.41, 5.74) is 0.820. The molecule has 4 rings (SSSR count). The Labute approximate surface area is 197 Å². The first kappa shape index (κ1) is 23.8. The first-order valence-corrected chi connectivity index (χ1v) is 13.6. The van der Waals surface area contributed by atoms with Crippen LogP contribution in [0.15, 0.2) is 16.5 Å². The molecular formula is C21H30N6O4S2. The highest BCUT2D eigenvalue weighted by Crippen LogP contribution is 2.30. The molecule has 2 aromatic rings. The van der Waals surface area contributed by atoms with Crippen LogP contribution in [0.2, 0.25) is 0 Å². The number of thiazole rings is 1. The molecule has 2 amide bonds. The van der Waals surface area contributed by atoms with Gasteiger partial charge in [-0.1, -0.05) is 32.1 Å². The topological polar surface area (TPSA) is 128 Å². The molecular weight excluding hydrogens is 464 g/mol. The number of sulfonamides is 1. The van der Waals surface area contributed by atoms with Gasteiger partial charge < -0.3 is 10.2 Å². The van der Waals surface area contributed by atoms with E-state index >= 15 is 0 Å². The fourth-order valence-electron chi connectivity index (χ4n) is 4.84. The predicted molar refractivity (Wildman–Crippen MR) is 124 cm³/mol. The molecule has 0 aromatic carbocycles. The van der Waals surface area contributed by atoms with E-state index in [1.54, 1.807) is 30.3 Å². The molecule has 0 bridgehead atoms. The fraction of sp³-hybridized carbons (Fsp3) is 0.619. The zero-order valence-electron chi connectivity index (χ0n) is 18.9. The van der Waals surface area contributed by atoms with Crippen LogP contribution in [0.3, 0.4) is 0 Å². The number of anilines is 1. The lowest BCUT2D eigenvalue weighted by molar-refractivity contribution is -0.142. The van der Waals surface area contributed by atoms with Gasteiger partial charge >= 0.3 is 0 Å². The van der Waals surface area contributed by atoms with E-state index in [0.717, 1.165) is 25.7 Å². The number of nitrogens with one attached hydrogen (secondary N) is 2. The fourth-order valence-corrected chi connectivity index (χ4v) is 7.08. The summed E-state index contributed by atoms with van der Waals surface area (Å²) in [6, 6.07) is -0.647. The third kappa shape index (κ3) is 5.12. The number of carbonyl (C=O) groups is 2. The molecule has 1 aliphatic carbocycles. The van der Waals surface area contributed by atoms with E-state index in [9.17, 15) is 18.0 Å². The van der Waals surface area contributed by atoms with Crippen molar-refractivity contribution in [3.63, 3.8) is 0 Å². The van der Waals surface area contributed by atoms with Gasteiger partial charge in [0.15, 0.2) is 5.13 Å². The van der Waals surface area contributed by atoms with Crippen LogP contribution in [0.4, 0.5) is 5.13 Å². The van der Waals surface area contributed by atoms with Gasteiger partial charge in [0.05, 0.1) is 17.9 Å². The van der Waals surface area contributed by atoms with Crippen molar-refractivity contribution < 1.29 is 18.0 Å².